The van der Waals surface area contributed by atoms with Crippen molar-refractivity contribution in [3.63, 3.8) is 0 Å². The number of fused-ring (bicyclic) bond motifs is 7. The zero-order chi connectivity index (χ0) is 31.9. The first kappa shape index (κ1) is 33.1. The van der Waals surface area contributed by atoms with Gasteiger partial charge in [-0.2, -0.15) is 5.26 Å². The van der Waals surface area contributed by atoms with Crippen molar-refractivity contribution >= 4 is 19.4 Å². The molecule has 0 radical (unpaired) electrons. The van der Waals surface area contributed by atoms with Crippen LogP contribution < -0.4 is 0 Å². The molecule has 0 spiro atoms. The number of nitrogens with zero attached hydrogens (tertiary/aromatic N) is 1. The van der Waals surface area contributed by atoms with Crippen molar-refractivity contribution in [1.29, 1.82) is 5.26 Å². The maximum Gasteiger partial charge on any atom is 0.474 e. The summed E-state index contributed by atoms with van der Waals surface area (Å²) in [5.41, 5.74) is -1.34. The summed E-state index contributed by atoms with van der Waals surface area (Å²) in [5.74, 6) is 0.388. The van der Waals surface area contributed by atoms with Gasteiger partial charge in [0, 0.05) is 17.8 Å². The Morgan fingerprint density at radius 3 is 2.12 bits per heavy atom. The van der Waals surface area contributed by atoms with E-state index in [4.69, 9.17) is 13.6 Å². The average Bonchev–Trinajstić information content (AvgIpc) is 2.91. The molecule has 43 heavy (non-hydrogen) atoms. The van der Waals surface area contributed by atoms with E-state index in [0.29, 0.717) is 12.2 Å². The number of allylic oxidation sites excluding steroid dienone is 2. The molecule has 0 N–H and O–H groups in total. The van der Waals surface area contributed by atoms with Crippen LogP contribution in [-0.4, -0.2) is 31.4 Å². The van der Waals surface area contributed by atoms with Crippen LogP contribution >= 0.6 is 7.82 Å². The Balaban J connectivity index is 1.56. The fourth-order valence-corrected chi connectivity index (χ4v) is 12.6. The van der Waals surface area contributed by atoms with E-state index in [9.17, 15) is 19.4 Å². The van der Waals surface area contributed by atoms with Gasteiger partial charge in [-0.15, -0.1) is 0 Å². The molecule has 5 aliphatic carbocycles. The third-order valence-corrected chi connectivity index (χ3v) is 15.3. The molecule has 240 valence electrons. The van der Waals surface area contributed by atoms with Crippen LogP contribution in [0.3, 0.4) is 0 Å². The first-order chi connectivity index (χ1) is 19.9. The molecule has 0 amide bonds. The summed E-state index contributed by atoms with van der Waals surface area (Å²) in [5, 5.41) is 9.97. The number of ketones is 2. The Morgan fingerprint density at radius 2 is 1.51 bits per heavy atom. The highest BCUT2D eigenvalue weighted by atomic mass is 31.2. The second-order valence-corrected chi connectivity index (χ2v) is 18.3. The number of Topliss-reactive ketones (excluding diaryl/α,β-unsaturated/α-hetero) is 2. The molecule has 0 aromatic rings. The molecule has 0 aliphatic heterocycles. The van der Waals surface area contributed by atoms with Gasteiger partial charge in [0.25, 0.3) is 0 Å². The molecule has 4 fully saturated rings. The minimum atomic E-state index is -3.69. The molecule has 7 nitrogen and oxygen atoms in total. The van der Waals surface area contributed by atoms with Crippen molar-refractivity contribution in [2.24, 2.45) is 56.2 Å². The molecule has 0 aromatic heterocycles. The van der Waals surface area contributed by atoms with Crippen LogP contribution in [0.2, 0.25) is 0 Å². The smallest absolute Gasteiger partial charge is 0.299 e. The Kier molecular flexibility index (Phi) is 8.16. The molecular formula is C35H54NO6P. The molecule has 0 aromatic carbocycles. The lowest BCUT2D eigenvalue weighted by molar-refractivity contribution is -0.226. The molecule has 4 saturated carbocycles. The summed E-state index contributed by atoms with van der Waals surface area (Å²) in [4.78, 5) is 28.1. The lowest BCUT2D eigenvalue weighted by Gasteiger charge is -2.72. The highest BCUT2D eigenvalue weighted by Crippen LogP contribution is 2.76. The van der Waals surface area contributed by atoms with E-state index in [1.807, 2.05) is 19.9 Å². The largest absolute Gasteiger partial charge is 0.474 e. The van der Waals surface area contributed by atoms with Crippen molar-refractivity contribution in [2.45, 2.75) is 114 Å². The Labute approximate surface area is 259 Å². The van der Waals surface area contributed by atoms with Crippen molar-refractivity contribution < 1.29 is 27.7 Å². The minimum Gasteiger partial charge on any atom is -0.299 e. The summed E-state index contributed by atoms with van der Waals surface area (Å²) >= 11 is 0. The van der Waals surface area contributed by atoms with Crippen molar-refractivity contribution in [1.82, 2.24) is 0 Å². The van der Waals surface area contributed by atoms with E-state index in [1.54, 1.807) is 13.8 Å². The molecule has 5 rings (SSSR count). The number of nitriles is 1. The molecule has 8 heteroatoms. The van der Waals surface area contributed by atoms with Crippen LogP contribution in [0, 0.1) is 67.5 Å². The SMILES string of the molecule is CCOP(=O)(OCC)OCC12CCC(C)(C)CC1C1C(=O)CC3C4(C)C=C(C#N)C(=O)C(C)(C)C4CCC3(C)C1(C)CC2. The Hall–Kier alpha value is -1.32. The van der Waals surface area contributed by atoms with Gasteiger partial charge in [-0.3, -0.25) is 23.2 Å². The van der Waals surface area contributed by atoms with E-state index < -0.39 is 18.7 Å². The van der Waals surface area contributed by atoms with Crippen LogP contribution in [0.1, 0.15) is 114 Å². The van der Waals surface area contributed by atoms with Crippen molar-refractivity contribution in [2.75, 3.05) is 19.8 Å². The standard InChI is InChI=1S/C35H54NO6P/c1-10-40-43(39,41-11-2)42-22-35-16-14-30(3,4)20-24(35)28-25(37)18-27-32(7)19-23(21-36)29(38)31(5,6)26(32)12-13-33(27,8)34(28,9)15-17-35/h19,24,26-28H,10-18,20,22H2,1-9H3. The van der Waals surface area contributed by atoms with Gasteiger partial charge in [0.2, 0.25) is 0 Å². The zero-order valence-corrected chi connectivity index (χ0v) is 28.9. The van der Waals surface area contributed by atoms with Gasteiger partial charge >= 0.3 is 7.82 Å². The highest BCUT2D eigenvalue weighted by molar-refractivity contribution is 7.48. The summed E-state index contributed by atoms with van der Waals surface area (Å²) in [6, 6.07) is 2.22. The molecule has 8 unspecified atom stereocenters. The molecule has 0 saturated heterocycles. The summed E-state index contributed by atoms with van der Waals surface area (Å²) < 4.78 is 30.6. The van der Waals surface area contributed by atoms with E-state index >= 15 is 0 Å². The molecule has 0 bridgehead atoms. The molecule has 0 heterocycles. The lowest BCUT2D eigenvalue weighted by Crippen LogP contribution is -2.69. The predicted molar refractivity (Wildman–Crippen MR) is 166 cm³/mol. The van der Waals surface area contributed by atoms with Gasteiger partial charge in [-0.25, -0.2) is 4.57 Å². The third-order valence-electron chi connectivity index (χ3n) is 13.7. The highest BCUT2D eigenvalue weighted by Gasteiger charge is 2.72. The zero-order valence-electron chi connectivity index (χ0n) is 28.0. The van der Waals surface area contributed by atoms with Crippen LogP contribution in [0.5, 0.6) is 0 Å². The molecule has 5 aliphatic rings. The van der Waals surface area contributed by atoms with Crippen LogP contribution in [0.4, 0.5) is 0 Å². The summed E-state index contributed by atoms with van der Waals surface area (Å²) in [6.45, 7) is 20.0. The van der Waals surface area contributed by atoms with Gasteiger partial charge in [-0.1, -0.05) is 54.5 Å². The van der Waals surface area contributed by atoms with Gasteiger partial charge < -0.3 is 0 Å². The average molecular weight is 616 g/mol. The Bertz CT molecular complexity index is 1290. The van der Waals surface area contributed by atoms with Gasteiger partial charge in [0.1, 0.15) is 11.9 Å². The van der Waals surface area contributed by atoms with Gasteiger partial charge in [0.15, 0.2) is 5.78 Å². The number of hydrogen-bond acceptors (Lipinski definition) is 7. The number of hydrogen-bond donors (Lipinski definition) is 0. The van der Waals surface area contributed by atoms with Gasteiger partial charge in [0.05, 0.1) is 25.4 Å². The Morgan fingerprint density at radius 1 is 0.884 bits per heavy atom. The van der Waals surface area contributed by atoms with E-state index in [2.05, 4.69) is 40.7 Å². The summed E-state index contributed by atoms with van der Waals surface area (Å²) in [7, 11) is -3.69. The van der Waals surface area contributed by atoms with Crippen LogP contribution in [0.15, 0.2) is 11.6 Å². The first-order valence-corrected chi connectivity index (χ1v) is 18.1. The number of carbonyl (C=O) groups excluding carboxylic acids is 2. The van der Waals surface area contributed by atoms with E-state index in [0.717, 1.165) is 44.9 Å². The van der Waals surface area contributed by atoms with Crippen LogP contribution in [0.25, 0.3) is 0 Å². The maximum atomic E-state index is 14.7. The van der Waals surface area contributed by atoms with Gasteiger partial charge in [-0.05, 0) is 104 Å². The fraction of sp³-hybridized carbons (Fsp3) is 0.857. The predicted octanol–water partition coefficient (Wildman–Crippen LogP) is 8.48. The van der Waals surface area contributed by atoms with E-state index in [-0.39, 0.29) is 76.5 Å². The third kappa shape index (κ3) is 4.79. The van der Waals surface area contributed by atoms with Crippen molar-refractivity contribution in [3.8, 4) is 6.07 Å². The normalized spacial score (nSPS) is 43.4. The molecular weight excluding hydrogens is 561 g/mol. The number of rotatable bonds is 7. The monoisotopic (exact) mass is 615 g/mol. The second-order valence-electron chi connectivity index (χ2n) is 16.6. The quantitative estimate of drug-likeness (QED) is 0.265. The topological polar surface area (TPSA) is 103 Å². The second kappa shape index (κ2) is 10.6. The van der Waals surface area contributed by atoms with E-state index in [1.165, 1.54) is 0 Å². The maximum absolute atomic E-state index is 14.7. The summed E-state index contributed by atoms with van der Waals surface area (Å²) in [6.07, 6.45) is 8.98. The number of phosphoric acid groups is 1. The van der Waals surface area contributed by atoms with Crippen molar-refractivity contribution in [3.05, 3.63) is 11.6 Å². The number of phosphoric ester groups is 1. The van der Waals surface area contributed by atoms with Crippen LogP contribution in [-0.2, 0) is 27.7 Å². The lowest BCUT2D eigenvalue weighted by atomic mass is 9.31. The fourth-order valence-electron chi connectivity index (χ4n) is 11.3. The first-order valence-electron chi connectivity index (χ1n) is 16.6. The molecule has 8 atom stereocenters. The minimum absolute atomic E-state index is 0.0553. The number of carbonyl (C=O) groups is 2.